The molecule has 2 aromatic heterocycles. The van der Waals surface area contributed by atoms with Crippen molar-refractivity contribution >= 4 is 27.5 Å². The fourth-order valence-electron chi connectivity index (χ4n) is 2.41. The smallest absolute Gasteiger partial charge is 0.270 e. The predicted molar refractivity (Wildman–Crippen MR) is 90.5 cm³/mol. The number of hydrogen-bond acceptors (Lipinski definition) is 3. The van der Waals surface area contributed by atoms with E-state index in [1.54, 1.807) is 0 Å². The van der Waals surface area contributed by atoms with Crippen LogP contribution in [0.3, 0.4) is 0 Å². The third kappa shape index (κ3) is 3.67. The summed E-state index contributed by atoms with van der Waals surface area (Å²) >= 11 is 3.48. The van der Waals surface area contributed by atoms with Crippen molar-refractivity contribution < 1.29 is 9.53 Å². The van der Waals surface area contributed by atoms with Crippen molar-refractivity contribution in [1.29, 1.82) is 0 Å². The molecule has 6 heteroatoms. The number of ether oxygens (including phenoxy) is 1. The topological polar surface area (TPSA) is 55.6 Å². The lowest BCUT2D eigenvalue weighted by Crippen LogP contribution is -2.27. The Hall–Kier alpha value is -1.40. The third-order valence-electron chi connectivity index (χ3n) is 3.45. The van der Waals surface area contributed by atoms with Gasteiger partial charge in [-0.05, 0) is 54.2 Å². The Morgan fingerprint density at radius 1 is 1.45 bits per heavy atom. The summed E-state index contributed by atoms with van der Waals surface area (Å²) in [6, 6.07) is 2.01. The summed E-state index contributed by atoms with van der Waals surface area (Å²) in [4.78, 5) is 17.1. The van der Waals surface area contributed by atoms with Crippen LogP contribution in [0.4, 0.5) is 0 Å². The van der Waals surface area contributed by atoms with Gasteiger partial charge < -0.3 is 10.1 Å². The van der Waals surface area contributed by atoms with Crippen molar-refractivity contribution in [2.75, 3.05) is 19.8 Å². The van der Waals surface area contributed by atoms with E-state index < -0.39 is 0 Å². The molecular weight excluding hydrogens is 346 g/mol. The van der Waals surface area contributed by atoms with Gasteiger partial charge in [-0.2, -0.15) is 0 Å². The number of amides is 1. The van der Waals surface area contributed by atoms with Gasteiger partial charge in [-0.15, -0.1) is 0 Å². The minimum absolute atomic E-state index is 0.0849. The first kappa shape index (κ1) is 17.0. The van der Waals surface area contributed by atoms with Crippen LogP contribution in [0.25, 0.3) is 5.65 Å². The number of carbonyl (C=O) groups excluding carboxylic acids is 1. The number of carbonyl (C=O) groups is 1. The van der Waals surface area contributed by atoms with Gasteiger partial charge in [-0.3, -0.25) is 9.20 Å². The Morgan fingerprint density at radius 3 is 2.91 bits per heavy atom. The molecule has 0 aliphatic heterocycles. The van der Waals surface area contributed by atoms with Crippen LogP contribution in [-0.2, 0) is 11.2 Å². The molecule has 5 nitrogen and oxygen atoms in total. The second-order valence-electron chi connectivity index (χ2n) is 5.10. The van der Waals surface area contributed by atoms with E-state index in [0.29, 0.717) is 25.5 Å². The summed E-state index contributed by atoms with van der Waals surface area (Å²) in [5.41, 5.74) is 3.32. The van der Waals surface area contributed by atoms with Gasteiger partial charge >= 0.3 is 0 Å². The van der Waals surface area contributed by atoms with Crippen LogP contribution in [-0.4, -0.2) is 35.1 Å². The van der Waals surface area contributed by atoms with Gasteiger partial charge in [-0.25, -0.2) is 4.98 Å². The minimum atomic E-state index is -0.0849. The van der Waals surface area contributed by atoms with Gasteiger partial charge in [0.1, 0.15) is 11.3 Å². The molecule has 0 aromatic carbocycles. The Morgan fingerprint density at radius 2 is 2.23 bits per heavy atom. The van der Waals surface area contributed by atoms with Crippen molar-refractivity contribution in [3.63, 3.8) is 0 Å². The highest BCUT2D eigenvalue weighted by Crippen LogP contribution is 2.21. The first-order valence-corrected chi connectivity index (χ1v) is 8.40. The molecule has 0 atom stereocenters. The summed E-state index contributed by atoms with van der Waals surface area (Å²) in [6.07, 6.45) is 3.42. The maximum Gasteiger partial charge on any atom is 0.270 e. The van der Waals surface area contributed by atoms with Gasteiger partial charge in [0.2, 0.25) is 0 Å². The minimum Gasteiger partial charge on any atom is -0.382 e. The molecule has 0 unspecified atom stereocenters. The highest BCUT2D eigenvalue weighted by molar-refractivity contribution is 9.10. The fraction of sp³-hybridized carbons (Fsp3) is 0.500. The van der Waals surface area contributed by atoms with Crippen LogP contribution in [0, 0.1) is 6.92 Å². The SMILES string of the molecule is CCOCCCNC(=O)c1c(CC)nc2c(C)cc(Br)cn12. The predicted octanol–water partition coefficient (Wildman–Crippen LogP) is 3.12. The van der Waals surface area contributed by atoms with Gasteiger partial charge in [0, 0.05) is 30.4 Å². The maximum absolute atomic E-state index is 12.5. The number of rotatable bonds is 7. The molecule has 0 fully saturated rings. The molecule has 0 saturated heterocycles. The Bertz CT molecular complexity index is 667. The lowest BCUT2D eigenvalue weighted by Gasteiger charge is -2.07. The van der Waals surface area contributed by atoms with Crippen LogP contribution in [0.15, 0.2) is 16.7 Å². The summed E-state index contributed by atoms with van der Waals surface area (Å²) in [6.45, 7) is 7.94. The zero-order valence-electron chi connectivity index (χ0n) is 13.3. The van der Waals surface area contributed by atoms with Crippen LogP contribution in [0.5, 0.6) is 0 Å². The zero-order chi connectivity index (χ0) is 16.1. The van der Waals surface area contributed by atoms with E-state index in [1.807, 2.05) is 37.4 Å². The number of hydrogen-bond donors (Lipinski definition) is 1. The standard InChI is InChI=1S/C16H22BrN3O2/c1-4-13-14(16(21)18-7-6-8-22-5-2)20-10-12(17)9-11(3)15(20)19-13/h9-10H,4-8H2,1-3H3,(H,18,21). The lowest BCUT2D eigenvalue weighted by atomic mass is 10.2. The monoisotopic (exact) mass is 367 g/mol. The van der Waals surface area contributed by atoms with Crippen molar-refractivity contribution in [2.24, 2.45) is 0 Å². The molecule has 2 aromatic rings. The molecule has 1 amide bonds. The number of halogens is 1. The van der Waals surface area contributed by atoms with E-state index in [0.717, 1.165) is 34.2 Å². The highest BCUT2D eigenvalue weighted by atomic mass is 79.9. The normalized spacial score (nSPS) is 11.1. The zero-order valence-corrected chi connectivity index (χ0v) is 14.9. The van der Waals surface area contributed by atoms with Crippen LogP contribution >= 0.6 is 15.9 Å². The van der Waals surface area contributed by atoms with Crippen molar-refractivity contribution in [3.8, 4) is 0 Å². The average molecular weight is 368 g/mol. The van der Waals surface area contributed by atoms with E-state index in [-0.39, 0.29) is 5.91 Å². The van der Waals surface area contributed by atoms with E-state index in [1.165, 1.54) is 0 Å². The fourth-order valence-corrected chi connectivity index (χ4v) is 2.95. The molecule has 0 bridgehead atoms. The molecule has 2 heterocycles. The molecule has 1 N–H and O–H groups in total. The molecule has 22 heavy (non-hydrogen) atoms. The summed E-state index contributed by atoms with van der Waals surface area (Å²) < 4.78 is 8.08. The van der Waals surface area contributed by atoms with Crippen LogP contribution < -0.4 is 5.32 Å². The van der Waals surface area contributed by atoms with Gasteiger partial charge in [0.25, 0.3) is 5.91 Å². The summed E-state index contributed by atoms with van der Waals surface area (Å²) in [5, 5.41) is 2.95. The highest BCUT2D eigenvalue weighted by Gasteiger charge is 2.19. The molecule has 0 aliphatic rings. The van der Waals surface area contributed by atoms with Gasteiger partial charge in [0.05, 0.1) is 5.69 Å². The molecule has 0 radical (unpaired) electrons. The van der Waals surface area contributed by atoms with E-state index in [9.17, 15) is 4.79 Å². The van der Waals surface area contributed by atoms with Gasteiger partial charge in [-0.1, -0.05) is 6.92 Å². The summed E-state index contributed by atoms with van der Waals surface area (Å²) in [7, 11) is 0. The van der Waals surface area contributed by atoms with E-state index in [4.69, 9.17) is 4.74 Å². The van der Waals surface area contributed by atoms with Crippen LogP contribution in [0.1, 0.15) is 42.0 Å². The van der Waals surface area contributed by atoms with Crippen molar-refractivity contribution in [1.82, 2.24) is 14.7 Å². The van der Waals surface area contributed by atoms with Crippen molar-refractivity contribution in [3.05, 3.63) is 33.7 Å². The van der Waals surface area contributed by atoms with E-state index >= 15 is 0 Å². The molecule has 0 aliphatic carbocycles. The number of nitrogens with one attached hydrogen (secondary N) is 1. The Labute approximate surface area is 139 Å². The van der Waals surface area contributed by atoms with Gasteiger partial charge in [0.15, 0.2) is 0 Å². The number of aromatic nitrogens is 2. The second kappa shape index (κ2) is 7.74. The molecule has 0 saturated carbocycles. The number of aryl methyl sites for hydroxylation is 2. The third-order valence-corrected chi connectivity index (χ3v) is 3.88. The molecule has 2 rings (SSSR count). The average Bonchev–Trinajstić information content (AvgIpc) is 2.85. The number of imidazole rings is 1. The number of pyridine rings is 1. The Balaban J connectivity index is 2.23. The van der Waals surface area contributed by atoms with E-state index in [2.05, 4.69) is 26.2 Å². The molecular formula is C16H22BrN3O2. The number of fused-ring (bicyclic) bond motifs is 1. The maximum atomic E-state index is 12.5. The second-order valence-corrected chi connectivity index (χ2v) is 6.02. The van der Waals surface area contributed by atoms with Crippen molar-refractivity contribution in [2.45, 2.75) is 33.6 Å². The van der Waals surface area contributed by atoms with Crippen LogP contribution in [0.2, 0.25) is 0 Å². The quantitative estimate of drug-likeness (QED) is 0.764. The first-order chi connectivity index (χ1) is 10.6. The lowest BCUT2D eigenvalue weighted by molar-refractivity contribution is 0.0937. The molecule has 120 valence electrons. The molecule has 0 spiro atoms. The number of nitrogens with zero attached hydrogens (tertiary/aromatic N) is 2. The summed E-state index contributed by atoms with van der Waals surface area (Å²) in [5.74, 6) is -0.0849. The Kier molecular flexibility index (Phi) is 5.97. The first-order valence-electron chi connectivity index (χ1n) is 7.61. The largest absolute Gasteiger partial charge is 0.382 e.